The lowest BCUT2D eigenvalue weighted by molar-refractivity contribution is -0.139. The first-order chi connectivity index (χ1) is 12.4. The van der Waals surface area contributed by atoms with Crippen molar-refractivity contribution in [3.8, 4) is 5.75 Å². The molecule has 0 aliphatic carbocycles. The molecule has 7 nitrogen and oxygen atoms in total. The number of thioether (sulfide) groups is 1. The first-order valence-electron chi connectivity index (χ1n) is 7.65. The van der Waals surface area contributed by atoms with Crippen LogP contribution in [-0.2, 0) is 14.3 Å². The molecule has 1 aromatic carbocycles. The van der Waals surface area contributed by atoms with Crippen molar-refractivity contribution in [3.05, 3.63) is 31.5 Å². The maximum absolute atomic E-state index is 12.5. The Balaban J connectivity index is 1.75. The molecule has 0 bridgehead atoms. The molecule has 3 rings (SSSR count). The number of aromatic hydroxyl groups is 1. The highest BCUT2D eigenvalue weighted by Gasteiger charge is 2.37. The lowest BCUT2D eigenvalue weighted by atomic mass is 10.2. The number of morpholine rings is 1. The molecule has 10 heteroatoms. The van der Waals surface area contributed by atoms with Gasteiger partial charge in [0, 0.05) is 13.1 Å². The maximum atomic E-state index is 12.5. The summed E-state index contributed by atoms with van der Waals surface area (Å²) in [4.78, 5) is 39.8. The first-order valence-corrected chi connectivity index (χ1v) is 10.1. The van der Waals surface area contributed by atoms with Crippen LogP contribution in [0.1, 0.15) is 5.56 Å². The Morgan fingerprint density at radius 3 is 2.46 bits per heavy atom. The molecule has 0 radical (unpaired) electrons. The van der Waals surface area contributed by atoms with E-state index >= 15 is 0 Å². The van der Waals surface area contributed by atoms with Gasteiger partial charge in [0.1, 0.15) is 12.3 Å². The van der Waals surface area contributed by atoms with Crippen LogP contribution in [-0.4, -0.2) is 64.8 Å². The molecule has 0 aromatic heterocycles. The molecule has 2 saturated heterocycles. The van der Waals surface area contributed by atoms with Crippen molar-refractivity contribution in [2.45, 2.75) is 0 Å². The number of benzene rings is 1. The minimum Gasteiger partial charge on any atom is -0.506 e. The lowest BCUT2D eigenvalue weighted by Crippen LogP contribution is -2.46. The molecule has 2 aliphatic heterocycles. The number of nitrogens with zero attached hydrogens (tertiary/aromatic N) is 2. The van der Waals surface area contributed by atoms with E-state index in [1.807, 2.05) is 0 Å². The van der Waals surface area contributed by atoms with Crippen molar-refractivity contribution in [2.24, 2.45) is 0 Å². The Hall–Kier alpha value is -1.36. The molecule has 1 aromatic rings. The molecule has 0 atom stereocenters. The largest absolute Gasteiger partial charge is 0.506 e. The van der Waals surface area contributed by atoms with Crippen molar-refractivity contribution in [3.63, 3.8) is 0 Å². The zero-order valence-electron chi connectivity index (χ0n) is 13.4. The number of carbonyl (C=O) groups is 3. The number of rotatable bonds is 3. The van der Waals surface area contributed by atoms with Crippen LogP contribution in [0.25, 0.3) is 6.08 Å². The Bertz CT molecular complexity index is 785. The summed E-state index contributed by atoms with van der Waals surface area (Å²) in [6.07, 6.45) is 1.55. The van der Waals surface area contributed by atoms with Crippen molar-refractivity contribution < 1.29 is 24.2 Å². The molecule has 3 amide bonds. The van der Waals surface area contributed by atoms with E-state index in [-0.39, 0.29) is 23.1 Å². The molecule has 2 fully saturated rings. The summed E-state index contributed by atoms with van der Waals surface area (Å²) < 4.78 is 6.11. The summed E-state index contributed by atoms with van der Waals surface area (Å²) in [5.41, 5.74) is 0.631. The monoisotopic (exact) mass is 504 g/mol. The Morgan fingerprint density at radius 1 is 1.23 bits per heavy atom. The van der Waals surface area contributed by atoms with Gasteiger partial charge in [0.15, 0.2) is 0 Å². The van der Waals surface area contributed by atoms with Crippen LogP contribution in [0.15, 0.2) is 26.0 Å². The van der Waals surface area contributed by atoms with Crippen molar-refractivity contribution in [1.82, 2.24) is 9.80 Å². The van der Waals surface area contributed by atoms with Gasteiger partial charge in [0.25, 0.3) is 11.1 Å². The van der Waals surface area contributed by atoms with Crippen LogP contribution in [0.3, 0.4) is 0 Å². The lowest BCUT2D eigenvalue weighted by Gasteiger charge is -2.28. The van der Waals surface area contributed by atoms with Gasteiger partial charge in [-0.15, -0.1) is 0 Å². The van der Waals surface area contributed by atoms with Gasteiger partial charge in [0.2, 0.25) is 5.91 Å². The standard InChI is InChI=1S/C16H14Br2N2O5S/c17-10-5-9(6-11(18)14(10)22)7-12-15(23)20(16(24)26-12)8-13(21)19-1-3-25-4-2-19/h5-7,22H,1-4,8H2/b12-7+. The van der Waals surface area contributed by atoms with Gasteiger partial charge in [-0.25, -0.2) is 0 Å². The average Bonchev–Trinajstić information content (AvgIpc) is 2.87. The van der Waals surface area contributed by atoms with E-state index in [4.69, 9.17) is 4.74 Å². The molecule has 0 spiro atoms. The molecular weight excluding hydrogens is 492 g/mol. The second-order valence-corrected chi connectivity index (χ2v) is 8.30. The van der Waals surface area contributed by atoms with E-state index in [0.717, 1.165) is 16.7 Å². The predicted octanol–water partition coefficient (Wildman–Crippen LogP) is 2.81. The number of phenolic OH excluding ortho intramolecular Hbond substituents is 1. The molecular formula is C16H14Br2N2O5S. The second-order valence-electron chi connectivity index (χ2n) is 5.59. The van der Waals surface area contributed by atoms with Crippen LogP contribution < -0.4 is 0 Å². The topological polar surface area (TPSA) is 87.2 Å². The fraction of sp³-hybridized carbons (Fsp3) is 0.312. The third-order valence-corrected chi connectivity index (χ3v) is 5.98. The minimum atomic E-state index is -0.498. The number of amides is 3. The molecule has 2 heterocycles. The summed E-state index contributed by atoms with van der Waals surface area (Å²) in [5, 5.41) is 9.28. The number of halogens is 2. The van der Waals surface area contributed by atoms with Gasteiger partial charge in [0.05, 0.1) is 27.1 Å². The summed E-state index contributed by atoms with van der Waals surface area (Å²) in [7, 11) is 0. The molecule has 2 aliphatic rings. The highest BCUT2D eigenvalue weighted by atomic mass is 79.9. The normalized spacial score (nSPS) is 19.5. The average molecular weight is 506 g/mol. The van der Waals surface area contributed by atoms with Crippen molar-refractivity contribution >= 4 is 66.8 Å². The van der Waals surface area contributed by atoms with Crippen molar-refractivity contribution in [1.29, 1.82) is 0 Å². The van der Waals surface area contributed by atoms with Crippen LogP contribution >= 0.6 is 43.6 Å². The molecule has 0 saturated carbocycles. The van der Waals surface area contributed by atoms with E-state index in [0.29, 0.717) is 40.8 Å². The van der Waals surface area contributed by atoms with Crippen molar-refractivity contribution in [2.75, 3.05) is 32.8 Å². The Labute approximate surface area is 170 Å². The van der Waals surface area contributed by atoms with Gasteiger partial charge in [-0.2, -0.15) is 0 Å². The van der Waals surface area contributed by atoms with E-state index in [1.54, 1.807) is 23.1 Å². The Morgan fingerprint density at radius 2 is 1.85 bits per heavy atom. The van der Waals surface area contributed by atoms with Crippen LogP contribution in [0, 0.1) is 0 Å². The van der Waals surface area contributed by atoms with E-state index in [1.165, 1.54) is 0 Å². The zero-order valence-corrected chi connectivity index (χ0v) is 17.4. The number of imide groups is 1. The number of ether oxygens (including phenoxy) is 1. The number of phenols is 1. The highest BCUT2D eigenvalue weighted by molar-refractivity contribution is 9.11. The van der Waals surface area contributed by atoms with Crippen LogP contribution in [0.5, 0.6) is 5.75 Å². The zero-order chi connectivity index (χ0) is 18.8. The maximum Gasteiger partial charge on any atom is 0.294 e. The van der Waals surface area contributed by atoms with Crippen LogP contribution in [0.2, 0.25) is 0 Å². The van der Waals surface area contributed by atoms with Gasteiger partial charge >= 0.3 is 0 Å². The molecule has 138 valence electrons. The predicted molar refractivity (Wildman–Crippen MR) is 104 cm³/mol. The summed E-state index contributed by atoms with van der Waals surface area (Å²) in [5.74, 6) is -0.722. The van der Waals surface area contributed by atoms with E-state index in [2.05, 4.69) is 31.9 Å². The first kappa shape index (κ1) is 19.4. The van der Waals surface area contributed by atoms with Gasteiger partial charge in [-0.05, 0) is 67.4 Å². The fourth-order valence-corrected chi connectivity index (χ4v) is 4.56. The highest BCUT2D eigenvalue weighted by Crippen LogP contribution is 2.36. The fourth-order valence-electron chi connectivity index (χ4n) is 2.50. The summed E-state index contributed by atoms with van der Waals surface area (Å²) >= 11 is 7.24. The van der Waals surface area contributed by atoms with E-state index < -0.39 is 11.1 Å². The van der Waals surface area contributed by atoms with Gasteiger partial charge in [-0.1, -0.05) is 0 Å². The summed E-state index contributed by atoms with van der Waals surface area (Å²) in [6, 6.07) is 3.26. The number of hydrogen-bond acceptors (Lipinski definition) is 6. The minimum absolute atomic E-state index is 0.0476. The molecule has 26 heavy (non-hydrogen) atoms. The third kappa shape index (κ3) is 4.13. The number of hydrogen-bond donors (Lipinski definition) is 1. The Kier molecular flexibility index (Phi) is 6.06. The SMILES string of the molecule is O=C(CN1C(=O)S/C(=C/c2cc(Br)c(O)c(Br)c2)C1=O)N1CCOCC1. The smallest absolute Gasteiger partial charge is 0.294 e. The second kappa shape index (κ2) is 8.12. The molecule has 1 N–H and O–H groups in total. The van der Waals surface area contributed by atoms with Crippen LogP contribution in [0.4, 0.5) is 4.79 Å². The van der Waals surface area contributed by atoms with Gasteiger partial charge in [-0.3, -0.25) is 19.3 Å². The van der Waals surface area contributed by atoms with E-state index in [9.17, 15) is 19.5 Å². The summed E-state index contributed by atoms with van der Waals surface area (Å²) in [6.45, 7) is 1.56. The number of carbonyl (C=O) groups excluding carboxylic acids is 3. The van der Waals surface area contributed by atoms with Gasteiger partial charge < -0.3 is 14.7 Å². The quantitative estimate of drug-likeness (QED) is 0.635. The third-order valence-electron chi connectivity index (χ3n) is 3.87. The molecule has 0 unspecified atom stereocenters.